The lowest BCUT2D eigenvalue weighted by atomic mass is 9.99. The average molecular weight is 381 g/mol. The zero-order valence-corrected chi connectivity index (χ0v) is 17.4. The summed E-state index contributed by atoms with van der Waals surface area (Å²) in [6.07, 6.45) is 2.60. The standard InChI is InChI=1S/C24H32N2O2/c1-17(2)28-23-10-6-5-9-22(23)24(27)25-19(4)20-11-13-21(14-12-20)26-15-7-8-18(3)16-26/h5-6,9-14,17-19H,7-8,15-16H2,1-4H3,(H,25,27)/t18-,19-/m1/s1. The first kappa shape index (κ1) is 20.2. The number of piperidine rings is 1. The summed E-state index contributed by atoms with van der Waals surface area (Å²) in [7, 11) is 0. The van der Waals surface area contributed by atoms with Gasteiger partial charge in [-0.25, -0.2) is 0 Å². The second-order valence-corrected chi connectivity index (χ2v) is 8.14. The molecule has 1 fully saturated rings. The number of ether oxygens (including phenoxy) is 1. The minimum absolute atomic E-state index is 0.0245. The molecule has 28 heavy (non-hydrogen) atoms. The first-order valence-electron chi connectivity index (χ1n) is 10.4. The Balaban J connectivity index is 1.66. The van der Waals surface area contributed by atoms with Gasteiger partial charge in [0, 0.05) is 18.8 Å². The molecule has 0 unspecified atom stereocenters. The first-order chi connectivity index (χ1) is 13.4. The van der Waals surface area contributed by atoms with Crippen molar-refractivity contribution in [2.24, 2.45) is 5.92 Å². The van der Waals surface area contributed by atoms with E-state index in [1.807, 2.05) is 39.0 Å². The van der Waals surface area contributed by atoms with Crippen molar-refractivity contribution in [1.29, 1.82) is 0 Å². The zero-order chi connectivity index (χ0) is 20.1. The summed E-state index contributed by atoms with van der Waals surface area (Å²) in [5, 5.41) is 3.10. The smallest absolute Gasteiger partial charge is 0.255 e. The molecule has 150 valence electrons. The van der Waals surface area contributed by atoms with Crippen LogP contribution in [0.3, 0.4) is 0 Å². The molecular weight excluding hydrogens is 348 g/mol. The molecule has 0 bridgehead atoms. The maximum absolute atomic E-state index is 12.8. The number of carbonyl (C=O) groups is 1. The van der Waals surface area contributed by atoms with E-state index >= 15 is 0 Å². The monoisotopic (exact) mass is 380 g/mol. The van der Waals surface area contributed by atoms with E-state index in [4.69, 9.17) is 4.74 Å². The van der Waals surface area contributed by atoms with Gasteiger partial charge in [0.25, 0.3) is 5.91 Å². The van der Waals surface area contributed by atoms with Crippen LogP contribution in [-0.4, -0.2) is 25.1 Å². The van der Waals surface area contributed by atoms with Crippen molar-refractivity contribution < 1.29 is 9.53 Å². The van der Waals surface area contributed by atoms with Crippen molar-refractivity contribution in [3.63, 3.8) is 0 Å². The van der Waals surface area contributed by atoms with Crippen LogP contribution in [0.1, 0.15) is 62.5 Å². The topological polar surface area (TPSA) is 41.6 Å². The molecule has 1 saturated heterocycles. The maximum Gasteiger partial charge on any atom is 0.255 e. The van der Waals surface area contributed by atoms with E-state index in [9.17, 15) is 4.79 Å². The Morgan fingerprint density at radius 2 is 1.82 bits per heavy atom. The van der Waals surface area contributed by atoms with Gasteiger partial charge in [-0.3, -0.25) is 4.79 Å². The lowest BCUT2D eigenvalue weighted by Gasteiger charge is -2.33. The molecule has 0 aliphatic carbocycles. The van der Waals surface area contributed by atoms with Crippen LogP contribution in [0.5, 0.6) is 5.75 Å². The van der Waals surface area contributed by atoms with Crippen molar-refractivity contribution in [2.75, 3.05) is 18.0 Å². The van der Waals surface area contributed by atoms with Crippen LogP contribution in [-0.2, 0) is 0 Å². The molecule has 3 rings (SSSR count). The Bertz CT molecular complexity index is 785. The van der Waals surface area contributed by atoms with Crippen LogP contribution >= 0.6 is 0 Å². The third-order valence-electron chi connectivity index (χ3n) is 5.26. The number of hydrogen-bond donors (Lipinski definition) is 1. The molecular formula is C24H32N2O2. The normalized spacial score (nSPS) is 18.0. The maximum atomic E-state index is 12.8. The highest BCUT2D eigenvalue weighted by Gasteiger charge is 2.18. The molecule has 2 atom stereocenters. The van der Waals surface area contributed by atoms with Gasteiger partial charge >= 0.3 is 0 Å². The summed E-state index contributed by atoms with van der Waals surface area (Å²) in [6.45, 7) is 10.5. The molecule has 1 aliphatic rings. The molecule has 0 aromatic heterocycles. The summed E-state index contributed by atoms with van der Waals surface area (Å²) in [4.78, 5) is 15.2. The average Bonchev–Trinajstić information content (AvgIpc) is 2.68. The van der Waals surface area contributed by atoms with Crippen molar-refractivity contribution in [2.45, 2.75) is 52.7 Å². The Hall–Kier alpha value is -2.49. The highest BCUT2D eigenvalue weighted by Crippen LogP contribution is 2.25. The van der Waals surface area contributed by atoms with Gasteiger partial charge in [-0.15, -0.1) is 0 Å². The molecule has 4 heteroatoms. The van der Waals surface area contributed by atoms with Gasteiger partial charge in [-0.2, -0.15) is 0 Å². The van der Waals surface area contributed by atoms with Crippen LogP contribution in [0, 0.1) is 5.92 Å². The Morgan fingerprint density at radius 1 is 1.11 bits per heavy atom. The summed E-state index contributed by atoms with van der Waals surface area (Å²) < 4.78 is 5.78. The van der Waals surface area contributed by atoms with Gasteiger partial charge in [0.15, 0.2) is 0 Å². The minimum atomic E-state index is -0.113. The van der Waals surface area contributed by atoms with E-state index < -0.39 is 0 Å². The second-order valence-electron chi connectivity index (χ2n) is 8.14. The molecule has 0 saturated carbocycles. The summed E-state index contributed by atoms with van der Waals surface area (Å²) in [5.74, 6) is 1.26. The third kappa shape index (κ3) is 5.06. The number of para-hydroxylation sites is 1. The number of carbonyl (C=O) groups excluding carboxylic acids is 1. The third-order valence-corrected chi connectivity index (χ3v) is 5.26. The molecule has 1 N–H and O–H groups in total. The molecule has 1 heterocycles. The number of hydrogen-bond acceptors (Lipinski definition) is 3. The fourth-order valence-corrected chi connectivity index (χ4v) is 3.77. The Morgan fingerprint density at radius 3 is 2.50 bits per heavy atom. The van der Waals surface area contributed by atoms with E-state index in [2.05, 4.69) is 41.4 Å². The molecule has 1 amide bonds. The van der Waals surface area contributed by atoms with Gasteiger partial charge in [-0.05, 0) is 69.4 Å². The number of anilines is 1. The second kappa shape index (κ2) is 9.13. The fourth-order valence-electron chi connectivity index (χ4n) is 3.77. The predicted molar refractivity (Wildman–Crippen MR) is 115 cm³/mol. The molecule has 0 radical (unpaired) electrons. The van der Waals surface area contributed by atoms with E-state index in [1.165, 1.54) is 18.5 Å². The Labute approximate surface area is 168 Å². The zero-order valence-electron chi connectivity index (χ0n) is 17.4. The van der Waals surface area contributed by atoms with Crippen molar-refractivity contribution in [3.8, 4) is 5.75 Å². The van der Waals surface area contributed by atoms with Crippen LogP contribution < -0.4 is 15.0 Å². The van der Waals surface area contributed by atoms with Crippen molar-refractivity contribution >= 4 is 11.6 Å². The van der Waals surface area contributed by atoms with Gasteiger partial charge in [-0.1, -0.05) is 31.2 Å². The molecule has 2 aromatic carbocycles. The van der Waals surface area contributed by atoms with Gasteiger partial charge in [0.2, 0.25) is 0 Å². The molecule has 1 aliphatic heterocycles. The lowest BCUT2D eigenvalue weighted by molar-refractivity contribution is 0.0934. The minimum Gasteiger partial charge on any atom is -0.490 e. The number of rotatable bonds is 6. The first-order valence-corrected chi connectivity index (χ1v) is 10.4. The number of benzene rings is 2. The molecule has 4 nitrogen and oxygen atoms in total. The van der Waals surface area contributed by atoms with Crippen LogP contribution in [0.2, 0.25) is 0 Å². The SMILES string of the molecule is CC(C)Oc1ccccc1C(=O)N[C@H](C)c1ccc(N2CCC[C@@H](C)C2)cc1. The summed E-state index contributed by atoms with van der Waals surface area (Å²) >= 11 is 0. The highest BCUT2D eigenvalue weighted by molar-refractivity contribution is 5.97. The number of nitrogens with one attached hydrogen (secondary N) is 1. The summed E-state index contributed by atoms with van der Waals surface area (Å²) in [6, 6.07) is 15.9. The van der Waals surface area contributed by atoms with E-state index in [-0.39, 0.29) is 18.1 Å². The van der Waals surface area contributed by atoms with Crippen LogP contribution in [0.4, 0.5) is 5.69 Å². The van der Waals surface area contributed by atoms with Crippen LogP contribution in [0.25, 0.3) is 0 Å². The summed E-state index contributed by atoms with van der Waals surface area (Å²) in [5.41, 5.74) is 2.94. The lowest BCUT2D eigenvalue weighted by Crippen LogP contribution is -2.34. The molecule has 2 aromatic rings. The van der Waals surface area contributed by atoms with E-state index in [1.54, 1.807) is 6.07 Å². The fraction of sp³-hybridized carbons (Fsp3) is 0.458. The van der Waals surface area contributed by atoms with Crippen LogP contribution in [0.15, 0.2) is 48.5 Å². The Kier molecular flexibility index (Phi) is 6.61. The van der Waals surface area contributed by atoms with Crippen molar-refractivity contribution in [1.82, 2.24) is 5.32 Å². The van der Waals surface area contributed by atoms with E-state index in [0.717, 1.165) is 24.6 Å². The number of nitrogens with zero attached hydrogens (tertiary/aromatic N) is 1. The van der Waals surface area contributed by atoms with Gasteiger partial charge < -0.3 is 15.0 Å². The van der Waals surface area contributed by atoms with E-state index in [0.29, 0.717) is 11.3 Å². The molecule has 0 spiro atoms. The predicted octanol–water partition coefficient (Wildman–Crippen LogP) is 5.20. The largest absolute Gasteiger partial charge is 0.490 e. The van der Waals surface area contributed by atoms with Crippen molar-refractivity contribution in [3.05, 3.63) is 59.7 Å². The van der Waals surface area contributed by atoms with Gasteiger partial charge in [0.1, 0.15) is 5.75 Å². The number of amides is 1. The van der Waals surface area contributed by atoms with Gasteiger partial charge in [0.05, 0.1) is 17.7 Å². The quantitative estimate of drug-likeness (QED) is 0.749. The highest BCUT2D eigenvalue weighted by atomic mass is 16.5.